The molecule has 0 bridgehead atoms. The molecule has 94 valence electrons. The highest BCUT2D eigenvalue weighted by atomic mass is 16.5. The van der Waals surface area contributed by atoms with Gasteiger partial charge in [0.2, 0.25) is 0 Å². The van der Waals surface area contributed by atoms with Crippen molar-refractivity contribution in [2.75, 3.05) is 17.2 Å². The summed E-state index contributed by atoms with van der Waals surface area (Å²) in [6.07, 6.45) is 2.81. The molecule has 0 aliphatic heterocycles. The van der Waals surface area contributed by atoms with Gasteiger partial charge in [0.25, 0.3) is 5.91 Å². The summed E-state index contributed by atoms with van der Waals surface area (Å²) in [4.78, 5) is 16.3. The highest BCUT2D eigenvalue weighted by Crippen LogP contribution is 2.12. The maximum atomic E-state index is 12.0. The molecule has 2 heterocycles. The lowest BCUT2D eigenvalue weighted by Gasteiger charge is -2.07. The van der Waals surface area contributed by atoms with Gasteiger partial charge in [0.1, 0.15) is 17.8 Å². The number of carbonyl (C=O) groups is 1. The topological polar surface area (TPSA) is 80.0 Å². The van der Waals surface area contributed by atoms with Gasteiger partial charge in [0.15, 0.2) is 0 Å². The Morgan fingerprint density at radius 2 is 2.28 bits per heavy atom. The highest BCUT2D eigenvalue weighted by molar-refractivity contribution is 6.04. The van der Waals surface area contributed by atoms with Crippen LogP contribution in [0.4, 0.5) is 11.5 Å². The fraction of sp³-hybridized carbons (Fsp3) is 0.250. The lowest BCUT2D eigenvalue weighted by atomic mass is 10.2. The second-order valence-corrected chi connectivity index (χ2v) is 3.78. The van der Waals surface area contributed by atoms with Gasteiger partial charge in [0, 0.05) is 17.8 Å². The van der Waals surface area contributed by atoms with E-state index in [0.29, 0.717) is 17.1 Å². The van der Waals surface area contributed by atoms with E-state index >= 15 is 0 Å². The summed E-state index contributed by atoms with van der Waals surface area (Å²) in [6.45, 7) is 4.57. The molecule has 0 radical (unpaired) electrons. The van der Waals surface area contributed by atoms with Crippen molar-refractivity contribution < 1.29 is 9.32 Å². The molecule has 2 aromatic heterocycles. The number of nitrogens with one attached hydrogen (secondary N) is 2. The number of amides is 1. The van der Waals surface area contributed by atoms with E-state index in [-0.39, 0.29) is 5.91 Å². The summed E-state index contributed by atoms with van der Waals surface area (Å²) >= 11 is 0. The second kappa shape index (κ2) is 5.31. The Bertz CT molecular complexity index is 537. The Morgan fingerprint density at radius 3 is 2.94 bits per heavy atom. The number of carbonyl (C=O) groups excluding carboxylic acids is 1. The zero-order valence-corrected chi connectivity index (χ0v) is 10.2. The van der Waals surface area contributed by atoms with Gasteiger partial charge < -0.3 is 15.2 Å². The van der Waals surface area contributed by atoms with E-state index in [1.165, 1.54) is 12.5 Å². The summed E-state index contributed by atoms with van der Waals surface area (Å²) in [6, 6.07) is 3.43. The van der Waals surface area contributed by atoms with E-state index in [1.54, 1.807) is 12.1 Å². The minimum Gasteiger partial charge on any atom is -0.370 e. The number of rotatable bonds is 4. The summed E-state index contributed by atoms with van der Waals surface area (Å²) in [5.74, 6) is 0.468. The quantitative estimate of drug-likeness (QED) is 0.863. The largest absolute Gasteiger partial charge is 0.370 e. The summed E-state index contributed by atoms with van der Waals surface area (Å²) in [5.41, 5.74) is 1.85. The molecule has 6 nitrogen and oxygen atoms in total. The molecule has 0 aromatic carbocycles. The number of pyridine rings is 1. The van der Waals surface area contributed by atoms with E-state index in [2.05, 4.69) is 25.3 Å². The molecule has 0 atom stereocenters. The van der Waals surface area contributed by atoms with Crippen LogP contribution in [0.15, 0.2) is 29.1 Å². The molecule has 0 fully saturated rings. The lowest BCUT2D eigenvalue weighted by molar-refractivity contribution is 0.102. The number of aromatic nitrogens is 2. The van der Waals surface area contributed by atoms with E-state index in [0.717, 1.165) is 12.2 Å². The molecule has 2 N–H and O–H groups in total. The van der Waals surface area contributed by atoms with Crippen molar-refractivity contribution >= 4 is 17.4 Å². The second-order valence-electron chi connectivity index (χ2n) is 3.78. The molecular weight excluding hydrogens is 232 g/mol. The standard InChI is InChI=1S/C12H14N4O2/c1-3-13-11-5-9(4-8(2)15-11)12(17)16-10-6-14-18-7-10/h4-7H,3H2,1-2H3,(H,13,15)(H,16,17). The van der Waals surface area contributed by atoms with Crippen molar-refractivity contribution in [3.05, 3.63) is 35.9 Å². The molecule has 0 saturated heterocycles. The third-order valence-electron chi connectivity index (χ3n) is 2.26. The molecule has 0 spiro atoms. The minimum absolute atomic E-state index is 0.220. The fourth-order valence-electron chi connectivity index (χ4n) is 1.54. The third-order valence-corrected chi connectivity index (χ3v) is 2.26. The molecule has 0 saturated carbocycles. The SMILES string of the molecule is CCNc1cc(C(=O)Nc2cnoc2)cc(C)n1. The Morgan fingerprint density at radius 1 is 1.44 bits per heavy atom. The van der Waals surface area contributed by atoms with Gasteiger partial charge >= 0.3 is 0 Å². The molecule has 0 aliphatic carbocycles. The molecule has 2 aromatic rings. The van der Waals surface area contributed by atoms with Gasteiger partial charge in [-0.05, 0) is 26.0 Å². The monoisotopic (exact) mass is 246 g/mol. The molecule has 0 unspecified atom stereocenters. The van der Waals surface area contributed by atoms with Gasteiger partial charge in [-0.3, -0.25) is 4.79 Å². The van der Waals surface area contributed by atoms with Crippen molar-refractivity contribution in [3.63, 3.8) is 0 Å². The van der Waals surface area contributed by atoms with Gasteiger partial charge in [0.05, 0.1) is 6.20 Å². The van der Waals surface area contributed by atoms with Crippen LogP contribution in [0.25, 0.3) is 0 Å². The summed E-state index contributed by atoms with van der Waals surface area (Å²) in [5, 5.41) is 9.28. The van der Waals surface area contributed by atoms with Crippen LogP contribution in [0.2, 0.25) is 0 Å². The Kier molecular flexibility index (Phi) is 3.57. The first-order valence-electron chi connectivity index (χ1n) is 5.62. The number of aryl methyl sites for hydroxylation is 1. The van der Waals surface area contributed by atoms with Crippen LogP contribution < -0.4 is 10.6 Å². The van der Waals surface area contributed by atoms with Crippen molar-refractivity contribution in [1.29, 1.82) is 0 Å². The first-order chi connectivity index (χ1) is 8.69. The number of hydrogen-bond acceptors (Lipinski definition) is 5. The zero-order chi connectivity index (χ0) is 13.0. The Labute approximate surface area is 104 Å². The number of anilines is 2. The van der Waals surface area contributed by atoms with Crippen molar-refractivity contribution in [2.45, 2.75) is 13.8 Å². The van der Waals surface area contributed by atoms with Gasteiger partial charge in [-0.1, -0.05) is 5.16 Å². The van der Waals surface area contributed by atoms with Crippen LogP contribution in [-0.2, 0) is 0 Å². The van der Waals surface area contributed by atoms with Crippen LogP contribution in [-0.4, -0.2) is 22.6 Å². The van der Waals surface area contributed by atoms with Crippen LogP contribution in [0.3, 0.4) is 0 Å². The zero-order valence-electron chi connectivity index (χ0n) is 10.2. The predicted molar refractivity (Wildman–Crippen MR) is 67.6 cm³/mol. The Hall–Kier alpha value is -2.37. The van der Waals surface area contributed by atoms with Gasteiger partial charge in [-0.15, -0.1) is 0 Å². The van der Waals surface area contributed by atoms with E-state index in [9.17, 15) is 4.79 Å². The average molecular weight is 246 g/mol. The normalized spacial score (nSPS) is 10.1. The fourth-order valence-corrected chi connectivity index (χ4v) is 1.54. The van der Waals surface area contributed by atoms with Gasteiger partial charge in [-0.2, -0.15) is 0 Å². The van der Waals surface area contributed by atoms with Crippen LogP contribution in [0.1, 0.15) is 23.0 Å². The number of hydrogen-bond donors (Lipinski definition) is 2. The maximum absolute atomic E-state index is 12.0. The van der Waals surface area contributed by atoms with Crippen molar-refractivity contribution in [1.82, 2.24) is 10.1 Å². The van der Waals surface area contributed by atoms with E-state index < -0.39 is 0 Å². The van der Waals surface area contributed by atoms with Crippen LogP contribution in [0, 0.1) is 6.92 Å². The maximum Gasteiger partial charge on any atom is 0.255 e. The lowest BCUT2D eigenvalue weighted by Crippen LogP contribution is -2.13. The molecule has 6 heteroatoms. The molecule has 18 heavy (non-hydrogen) atoms. The van der Waals surface area contributed by atoms with Crippen molar-refractivity contribution in [3.8, 4) is 0 Å². The molecule has 1 amide bonds. The molecule has 0 aliphatic rings. The van der Waals surface area contributed by atoms with Gasteiger partial charge in [-0.25, -0.2) is 4.98 Å². The van der Waals surface area contributed by atoms with E-state index in [4.69, 9.17) is 0 Å². The van der Waals surface area contributed by atoms with E-state index in [1.807, 2.05) is 13.8 Å². The average Bonchev–Trinajstić information content (AvgIpc) is 2.81. The summed E-state index contributed by atoms with van der Waals surface area (Å²) < 4.78 is 4.65. The first-order valence-corrected chi connectivity index (χ1v) is 5.62. The highest BCUT2D eigenvalue weighted by Gasteiger charge is 2.09. The molecule has 2 rings (SSSR count). The Balaban J connectivity index is 2.19. The summed E-state index contributed by atoms with van der Waals surface area (Å²) in [7, 11) is 0. The predicted octanol–water partition coefficient (Wildman–Crippen LogP) is 2.06. The number of nitrogens with zero attached hydrogens (tertiary/aromatic N) is 2. The van der Waals surface area contributed by atoms with Crippen LogP contribution in [0.5, 0.6) is 0 Å². The molecular formula is C12H14N4O2. The smallest absolute Gasteiger partial charge is 0.255 e. The van der Waals surface area contributed by atoms with Crippen LogP contribution >= 0.6 is 0 Å². The first kappa shape index (κ1) is 12.1. The third kappa shape index (κ3) is 2.85. The minimum atomic E-state index is -0.220. The van der Waals surface area contributed by atoms with Crippen molar-refractivity contribution in [2.24, 2.45) is 0 Å².